The topological polar surface area (TPSA) is 38.3 Å². The fourth-order valence-electron chi connectivity index (χ4n) is 3.35. The Labute approximate surface area is 118 Å². The molecule has 3 nitrogen and oxygen atoms in total. The molecule has 1 aliphatic carbocycles. The number of hydrogen-bond donors (Lipinski definition) is 1. The molecule has 3 rings (SSSR count). The molecule has 1 saturated carbocycles. The Hall–Kier alpha value is -1.22. The van der Waals surface area contributed by atoms with E-state index in [0.717, 1.165) is 30.0 Å². The van der Waals surface area contributed by atoms with Crippen LogP contribution in [0.15, 0.2) is 18.2 Å². The van der Waals surface area contributed by atoms with Crippen molar-refractivity contribution in [3.8, 4) is 0 Å². The van der Waals surface area contributed by atoms with Crippen LogP contribution in [0.1, 0.15) is 37.7 Å². The van der Waals surface area contributed by atoms with E-state index in [1.807, 2.05) is 19.1 Å². The Morgan fingerprint density at radius 1 is 1.47 bits per heavy atom. The van der Waals surface area contributed by atoms with Gasteiger partial charge in [-0.15, -0.1) is 0 Å². The van der Waals surface area contributed by atoms with Crippen LogP contribution in [0.2, 0.25) is 5.02 Å². The summed E-state index contributed by atoms with van der Waals surface area (Å²) < 4.78 is 5.16. The van der Waals surface area contributed by atoms with Crippen molar-refractivity contribution in [2.75, 3.05) is 11.9 Å². The maximum Gasteiger partial charge on any atom is 0.308 e. The van der Waals surface area contributed by atoms with Gasteiger partial charge in [0, 0.05) is 12.0 Å². The van der Waals surface area contributed by atoms with Gasteiger partial charge in [-0.05, 0) is 37.8 Å². The second-order valence-electron chi connectivity index (χ2n) is 5.32. The summed E-state index contributed by atoms with van der Waals surface area (Å²) in [5, 5.41) is 4.29. The number of fused-ring (bicyclic) bond motifs is 3. The van der Waals surface area contributed by atoms with Gasteiger partial charge in [-0.1, -0.05) is 23.7 Å². The van der Waals surface area contributed by atoms with Crippen LogP contribution in [0.25, 0.3) is 0 Å². The molecular formula is C15H18ClNO2. The number of benzene rings is 1. The highest BCUT2D eigenvalue weighted by atomic mass is 35.5. The predicted molar refractivity (Wildman–Crippen MR) is 75.6 cm³/mol. The third kappa shape index (κ3) is 2.20. The first kappa shape index (κ1) is 12.8. The predicted octanol–water partition coefficient (Wildman–Crippen LogP) is 3.58. The molecule has 0 radical (unpaired) electrons. The first-order valence-electron chi connectivity index (χ1n) is 6.92. The minimum atomic E-state index is -0.0450. The zero-order valence-corrected chi connectivity index (χ0v) is 11.7. The molecule has 1 aromatic carbocycles. The second kappa shape index (κ2) is 5.04. The second-order valence-corrected chi connectivity index (χ2v) is 5.73. The SMILES string of the molecule is CCOC(=O)[C@@H]1CC[C@H]2Nc3c(Cl)cccc3[C@@H]2C1. The molecule has 1 N–H and O–H groups in total. The van der Waals surface area contributed by atoms with Crippen LogP contribution in [-0.4, -0.2) is 18.6 Å². The van der Waals surface area contributed by atoms with E-state index in [1.54, 1.807) is 0 Å². The first-order chi connectivity index (χ1) is 9.20. The van der Waals surface area contributed by atoms with Crippen LogP contribution in [-0.2, 0) is 9.53 Å². The molecular weight excluding hydrogens is 262 g/mol. The summed E-state index contributed by atoms with van der Waals surface area (Å²) in [7, 11) is 0. The number of carbonyl (C=O) groups is 1. The van der Waals surface area contributed by atoms with Crippen molar-refractivity contribution < 1.29 is 9.53 Å². The van der Waals surface area contributed by atoms with Gasteiger partial charge in [-0.25, -0.2) is 0 Å². The van der Waals surface area contributed by atoms with E-state index in [-0.39, 0.29) is 11.9 Å². The van der Waals surface area contributed by atoms with E-state index in [1.165, 1.54) is 5.56 Å². The number of anilines is 1. The van der Waals surface area contributed by atoms with E-state index in [9.17, 15) is 4.79 Å². The van der Waals surface area contributed by atoms with E-state index in [2.05, 4.69) is 11.4 Å². The summed E-state index contributed by atoms with van der Waals surface area (Å²) in [6, 6.07) is 6.43. The van der Waals surface area contributed by atoms with Gasteiger partial charge in [0.05, 0.1) is 23.2 Å². The maximum absolute atomic E-state index is 11.9. The highest BCUT2D eigenvalue weighted by molar-refractivity contribution is 6.33. The quantitative estimate of drug-likeness (QED) is 0.841. The third-order valence-electron chi connectivity index (χ3n) is 4.25. The molecule has 19 heavy (non-hydrogen) atoms. The van der Waals surface area contributed by atoms with Crippen molar-refractivity contribution in [3.05, 3.63) is 28.8 Å². The van der Waals surface area contributed by atoms with Gasteiger partial charge in [0.1, 0.15) is 0 Å². The van der Waals surface area contributed by atoms with Crippen molar-refractivity contribution in [1.29, 1.82) is 0 Å². The zero-order valence-electron chi connectivity index (χ0n) is 11.0. The lowest BCUT2D eigenvalue weighted by Crippen LogP contribution is -2.32. The van der Waals surface area contributed by atoms with Crippen molar-refractivity contribution in [2.24, 2.45) is 5.92 Å². The summed E-state index contributed by atoms with van der Waals surface area (Å²) in [4.78, 5) is 11.9. The summed E-state index contributed by atoms with van der Waals surface area (Å²) in [5.41, 5.74) is 2.31. The zero-order chi connectivity index (χ0) is 13.4. The molecule has 1 fully saturated rings. The molecule has 4 heteroatoms. The van der Waals surface area contributed by atoms with Crippen LogP contribution in [0.3, 0.4) is 0 Å². The lowest BCUT2D eigenvalue weighted by atomic mass is 9.77. The number of nitrogens with one attached hydrogen (secondary N) is 1. The largest absolute Gasteiger partial charge is 0.466 e. The number of para-hydroxylation sites is 1. The Balaban J connectivity index is 1.81. The lowest BCUT2D eigenvalue weighted by Gasteiger charge is -2.30. The maximum atomic E-state index is 11.9. The Morgan fingerprint density at radius 2 is 2.32 bits per heavy atom. The van der Waals surface area contributed by atoms with Crippen molar-refractivity contribution in [1.82, 2.24) is 0 Å². The third-order valence-corrected chi connectivity index (χ3v) is 4.56. The van der Waals surface area contributed by atoms with Crippen LogP contribution in [0.5, 0.6) is 0 Å². The number of rotatable bonds is 2. The molecule has 0 saturated heterocycles. The van der Waals surface area contributed by atoms with Crippen LogP contribution >= 0.6 is 11.6 Å². The smallest absolute Gasteiger partial charge is 0.308 e. The van der Waals surface area contributed by atoms with Gasteiger partial charge in [0.15, 0.2) is 0 Å². The molecule has 1 aromatic rings. The van der Waals surface area contributed by atoms with Crippen molar-refractivity contribution in [2.45, 2.75) is 38.1 Å². The lowest BCUT2D eigenvalue weighted by molar-refractivity contribution is -0.149. The molecule has 1 aliphatic heterocycles. The van der Waals surface area contributed by atoms with E-state index in [4.69, 9.17) is 16.3 Å². The fraction of sp³-hybridized carbons (Fsp3) is 0.533. The van der Waals surface area contributed by atoms with Gasteiger partial charge in [0.25, 0.3) is 0 Å². The molecule has 0 spiro atoms. The summed E-state index contributed by atoms with van der Waals surface area (Å²) in [6.45, 7) is 2.32. The Kier molecular flexibility index (Phi) is 3.40. The molecule has 0 bridgehead atoms. The van der Waals surface area contributed by atoms with Crippen LogP contribution < -0.4 is 5.32 Å². The molecule has 0 aromatic heterocycles. The van der Waals surface area contributed by atoms with E-state index in [0.29, 0.717) is 18.6 Å². The Bertz CT molecular complexity index is 503. The van der Waals surface area contributed by atoms with Crippen LogP contribution in [0.4, 0.5) is 5.69 Å². The summed E-state index contributed by atoms with van der Waals surface area (Å²) in [5.74, 6) is 0.376. The van der Waals surface area contributed by atoms with Gasteiger partial charge in [-0.2, -0.15) is 0 Å². The highest BCUT2D eigenvalue weighted by Gasteiger charge is 2.40. The molecule has 3 atom stereocenters. The number of ether oxygens (including phenoxy) is 1. The number of hydrogen-bond acceptors (Lipinski definition) is 3. The average molecular weight is 280 g/mol. The van der Waals surface area contributed by atoms with Crippen molar-refractivity contribution >= 4 is 23.3 Å². The normalized spacial score (nSPS) is 28.2. The van der Waals surface area contributed by atoms with Gasteiger partial charge in [-0.3, -0.25) is 4.79 Å². The van der Waals surface area contributed by atoms with Gasteiger partial charge >= 0.3 is 5.97 Å². The van der Waals surface area contributed by atoms with E-state index < -0.39 is 0 Å². The fourth-order valence-corrected chi connectivity index (χ4v) is 3.59. The number of carbonyl (C=O) groups excluding carboxylic acids is 1. The molecule has 0 amide bonds. The minimum absolute atomic E-state index is 0.0351. The summed E-state index contributed by atoms with van der Waals surface area (Å²) >= 11 is 6.23. The molecule has 102 valence electrons. The summed E-state index contributed by atoms with van der Waals surface area (Å²) in [6.07, 6.45) is 2.77. The first-order valence-corrected chi connectivity index (χ1v) is 7.30. The van der Waals surface area contributed by atoms with Gasteiger partial charge in [0.2, 0.25) is 0 Å². The van der Waals surface area contributed by atoms with E-state index >= 15 is 0 Å². The average Bonchev–Trinajstić information content (AvgIpc) is 2.78. The van der Waals surface area contributed by atoms with Gasteiger partial charge < -0.3 is 10.1 Å². The number of esters is 1. The van der Waals surface area contributed by atoms with Crippen molar-refractivity contribution in [3.63, 3.8) is 0 Å². The number of halogens is 1. The molecule has 1 heterocycles. The highest BCUT2D eigenvalue weighted by Crippen LogP contribution is 2.48. The molecule has 2 aliphatic rings. The molecule has 0 unspecified atom stereocenters. The Morgan fingerprint density at radius 3 is 3.11 bits per heavy atom. The standard InChI is InChI=1S/C15H18ClNO2/c1-2-19-15(18)9-6-7-13-11(8-9)10-4-3-5-12(16)14(10)17-13/h3-5,9,11,13,17H,2,6-8H2,1H3/t9-,11+,13-/m1/s1. The monoisotopic (exact) mass is 279 g/mol. The van der Waals surface area contributed by atoms with Crippen LogP contribution in [0, 0.1) is 5.92 Å². The minimum Gasteiger partial charge on any atom is -0.466 e.